The molecule has 1 aromatic carbocycles. The summed E-state index contributed by atoms with van der Waals surface area (Å²) in [4.78, 5) is 10.3. The molecule has 0 spiro atoms. The molecule has 3 rings (SSSR count). The fourth-order valence-electron chi connectivity index (χ4n) is 3.48. The van der Waals surface area contributed by atoms with Gasteiger partial charge in [-0.2, -0.15) is 13.8 Å². The Morgan fingerprint density at radius 3 is 2.77 bits per heavy atom. The molecule has 1 fully saturated rings. The van der Waals surface area contributed by atoms with Gasteiger partial charge < -0.3 is 20.1 Å². The van der Waals surface area contributed by atoms with Crippen LogP contribution in [-0.2, 0) is 20.3 Å². The number of alkyl halides is 2. The van der Waals surface area contributed by atoms with Crippen molar-refractivity contribution in [3.8, 4) is 5.75 Å². The molecule has 1 aliphatic heterocycles. The summed E-state index contributed by atoms with van der Waals surface area (Å²) in [5.41, 5.74) is 7.29. The molecular formula is C19H24F2N4O4S. The van der Waals surface area contributed by atoms with Crippen LogP contribution in [0.1, 0.15) is 29.3 Å². The van der Waals surface area contributed by atoms with E-state index in [1.807, 2.05) is 4.90 Å². The highest BCUT2D eigenvalue weighted by atomic mass is 32.2. The van der Waals surface area contributed by atoms with Gasteiger partial charge in [0.25, 0.3) is 0 Å². The van der Waals surface area contributed by atoms with Gasteiger partial charge in [-0.3, -0.25) is 0 Å². The van der Waals surface area contributed by atoms with Crippen molar-refractivity contribution in [2.75, 3.05) is 36.6 Å². The number of benzene rings is 1. The van der Waals surface area contributed by atoms with Crippen LogP contribution in [0.25, 0.3) is 0 Å². The summed E-state index contributed by atoms with van der Waals surface area (Å²) in [5, 5.41) is 0. The Hall–Kier alpha value is -2.53. The third-order valence-corrected chi connectivity index (χ3v) is 5.43. The van der Waals surface area contributed by atoms with Crippen LogP contribution in [0.3, 0.4) is 0 Å². The molecule has 0 unspecified atom stereocenters. The van der Waals surface area contributed by atoms with Crippen LogP contribution in [0.4, 0.5) is 20.5 Å². The molecular weight excluding hydrogens is 418 g/mol. The average Bonchev–Trinajstić information content (AvgIpc) is 2.85. The Bertz CT molecular complexity index is 984. The van der Waals surface area contributed by atoms with Gasteiger partial charge >= 0.3 is 6.61 Å². The van der Waals surface area contributed by atoms with Gasteiger partial charge in [0.1, 0.15) is 11.6 Å². The average molecular weight is 442 g/mol. The van der Waals surface area contributed by atoms with Gasteiger partial charge in [-0.1, -0.05) is 12.1 Å². The van der Waals surface area contributed by atoms with Crippen LogP contribution in [0, 0.1) is 6.92 Å². The number of hydrogen-bond acceptors (Lipinski definition) is 8. The number of halogens is 2. The van der Waals surface area contributed by atoms with Crippen molar-refractivity contribution < 1.29 is 26.7 Å². The number of hydrogen-bond donors (Lipinski definition) is 1. The molecule has 1 saturated heterocycles. The minimum Gasteiger partial charge on any atom is -0.434 e. The van der Waals surface area contributed by atoms with Crippen molar-refractivity contribution in [2.45, 2.75) is 31.8 Å². The summed E-state index contributed by atoms with van der Waals surface area (Å²) < 4.78 is 59.9. The monoisotopic (exact) mass is 442 g/mol. The maximum atomic E-state index is 13.1. The Morgan fingerprint density at radius 2 is 2.10 bits per heavy atom. The fourth-order valence-corrected chi connectivity index (χ4v) is 4.26. The Labute approximate surface area is 173 Å². The first kappa shape index (κ1) is 22.2. The van der Waals surface area contributed by atoms with Gasteiger partial charge in [0.05, 0.1) is 18.4 Å². The number of sulfone groups is 1. The highest BCUT2D eigenvalue weighted by Gasteiger charge is 2.29. The first-order chi connectivity index (χ1) is 14.1. The van der Waals surface area contributed by atoms with Gasteiger partial charge in [-0.05, 0) is 25.0 Å². The maximum absolute atomic E-state index is 13.1. The van der Waals surface area contributed by atoms with Gasteiger partial charge in [-0.15, -0.1) is 0 Å². The highest BCUT2D eigenvalue weighted by Crippen LogP contribution is 2.36. The van der Waals surface area contributed by atoms with E-state index in [4.69, 9.17) is 15.2 Å². The lowest BCUT2D eigenvalue weighted by Gasteiger charge is -2.32. The van der Waals surface area contributed by atoms with Crippen LogP contribution in [0.15, 0.2) is 24.3 Å². The van der Waals surface area contributed by atoms with E-state index in [2.05, 4.69) is 9.97 Å². The zero-order valence-electron chi connectivity index (χ0n) is 16.7. The lowest BCUT2D eigenvalue weighted by Crippen LogP contribution is -2.32. The second kappa shape index (κ2) is 9.09. The minimum atomic E-state index is -3.34. The number of nitrogens with two attached hydrogens (primary N) is 1. The summed E-state index contributed by atoms with van der Waals surface area (Å²) in [6.45, 7) is 0.00236. The largest absolute Gasteiger partial charge is 0.434 e. The molecule has 1 atom stereocenters. The van der Waals surface area contributed by atoms with E-state index in [1.54, 1.807) is 25.1 Å². The molecule has 2 aromatic rings. The summed E-state index contributed by atoms with van der Waals surface area (Å²) >= 11 is 0. The van der Waals surface area contributed by atoms with Crippen molar-refractivity contribution in [3.63, 3.8) is 0 Å². The summed E-state index contributed by atoms with van der Waals surface area (Å²) in [6, 6.07) is 5.81. The lowest BCUT2D eigenvalue weighted by atomic mass is 10.0. The number of anilines is 2. The molecule has 30 heavy (non-hydrogen) atoms. The Balaban J connectivity index is 2.06. The van der Waals surface area contributed by atoms with E-state index in [0.29, 0.717) is 42.2 Å². The van der Waals surface area contributed by atoms with E-state index < -0.39 is 22.5 Å². The molecule has 2 heterocycles. The van der Waals surface area contributed by atoms with Gasteiger partial charge in [0.15, 0.2) is 9.84 Å². The number of aryl methyl sites for hydroxylation is 1. The standard InChI is InChI=1S/C19H24F2N4O4S/c1-12-8-17(24-19(22)23-12)25-6-3-7-28-10-15(25)14-5-4-13(11-30(2,26)27)9-16(14)29-18(20)21/h4-5,8-9,15,18H,3,6-7,10-11H2,1-2H3,(H2,22,23,24)/t15-/m1/s1. The van der Waals surface area contributed by atoms with Crippen LogP contribution in [0.5, 0.6) is 5.75 Å². The summed E-state index contributed by atoms with van der Waals surface area (Å²) in [5.74, 6) is 0.296. The number of nitrogens with zero attached hydrogens (tertiary/aromatic N) is 3. The summed E-state index contributed by atoms with van der Waals surface area (Å²) in [7, 11) is -3.34. The van der Waals surface area contributed by atoms with Crippen molar-refractivity contribution in [3.05, 3.63) is 41.1 Å². The van der Waals surface area contributed by atoms with E-state index in [0.717, 1.165) is 6.26 Å². The highest BCUT2D eigenvalue weighted by molar-refractivity contribution is 7.89. The van der Waals surface area contributed by atoms with Crippen LogP contribution < -0.4 is 15.4 Å². The molecule has 0 amide bonds. The Kier molecular flexibility index (Phi) is 6.71. The van der Waals surface area contributed by atoms with E-state index in [9.17, 15) is 17.2 Å². The number of nitrogen functional groups attached to an aromatic ring is 1. The molecule has 2 N–H and O–H groups in total. The smallest absolute Gasteiger partial charge is 0.387 e. The molecule has 1 aromatic heterocycles. The molecule has 0 radical (unpaired) electrons. The zero-order chi connectivity index (χ0) is 21.9. The molecule has 0 saturated carbocycles. The first-order valence-electron chi connectivity index (χ1n) is 9.33. The van der Waals surface area contributed by atoms with Crippen LogP contribution in [0.2, 0.25) is 0 Å². The summed E-state index contributed by atoms with van der Waals surface area (Å²) in [6.07, 6.45) is 1.79. The minimum absolute atomic E-state index is 0.0922. The van der Waals surface area contributed by atoms with Crippen molar-refractivity contribution in [2.24, 2.45) is 0 Å². The SMILES string of the molecule is Cc1cc(N2CCCOC[C@@H]2c2ccc(CS(C)(=O)=O)cc2OC(F)F)nc(N)n1. The van der Waals surface area contributed by atoms with Crippen molar-refractivity contribution in [1.82, 2.24) is 9.97 Å². The third-order valence-electron chi connectivity index (χ3n) is 4.57. The molecule has 0 aliphatic carbocycles. The van der Waals surface area contributed by atoms with Gasteiger partial charge in [-0.25, -0.2) is 13.4 Å². The van der Waals surface area contributed by atoms with Crippen molar-refractivity contribution >= 4 is 21.6 Å². The molecule has 8 nitrogen and oxygen atoms in total. The fraction of sp³-hybridized carbons (Fsp3) is 0.474. The Morgan fingerprint density at radius 1 is 1.33 bits per heavy atom. The van der Waals surface area contributed by atoms with Gasteiger partial charge in [0, 0.05) is 36.7 Å². The predicted octanol–water partition coefficient (Wildman–Crippen LogP) is 2.48. The van der Waals surface area contributed by atoms with Gasteiger partial charge in [0.2, 0.25) is 5.95 Å². The second-order valence-electron chi connectivity index (χ2n) is 7.18. The van der Waals surface area contributed by atoms with Crippen LogP contribution in [-0.4, -0.2) is 51.0 Å². The number of rotatable bonds is 6. The molecule has 0 bridgehead atoms. The topological polar surface area (TPSA) is 108 Å². The van der Waals surface area contributed by atoms with E-state index in [1.165, 1.54) is 6.07 Å². The second-order valence-corrected chi connectivity index (χ2v) is 9.32. The lowest BCUT2D eigenvalue weighted by molar-refractivity contribution is -0.0508. The molecule has 1 aliphatic rings. The third kappa shape index (κ3) is 5.76. The normalized spacial score (nSPS) is 17.8. The zero-order valence-corrected chi connectivity index (χ0v) is 17.5. The first-order valence-corrected chi connectivity index (χ1v) is 11.4. The van der Waals surface area contributed by atoms with E-state index >= 15 is 0 Å². The quantitative estimate of drug-likeness (QED) is 0.727. The predicted molar refractivity (Wildman–Crippen MR) is 108 cm³/mol. The molecule has 11 heteroatoms. The number of ether oxygens (including phenoxy) is 2. The van der Waals surface area contributed by atoms with E-state index in [-0.39, 0.29) is 24.1 Å². The number of aromatic nitrogens is 2. The van der Waals surface area contributed by atoms with Crippen molar-refractivity contribution in [1.29, 1.82) is 0 Å². The van der Waals surface area contributed by atoms with Crippen LogP contribution >= 0.6 is 0 Å². The maximum Gasteiger partial charge on any atom is 0.387 e. The molecule has 164 valence electrons.